The van der Waals surface area contributed by atoms with Crippen LogP contribution in [-0.2, 0) is 16.0 Å². The van der Waals surface area contributed by atoms with Crippen molar-refractivity contribution in [2.75, 3.05) is 5.32 Å². The van der Waals surface area contributed by atoms with Gasteiger partial charge in [-0.3, -0.25) is 9.59 Å². The van der Waals surface area contributed by atoms with Crippen LogP contribution in [0, 0.1) is 0 Å². The van der Waals surface area contributed by atoms with E-state index in [9.17, 15) is 9.59 Å². The zero-order chi connectivity index (χ0) is 12.8. The summed E-state index contributed by atoms with van der Waals surface area (Å²) in [5, 5.41) is 11.2. The molecule has 1 amide bonds. The van der Waals surface area contributed by atoms with E-state index >= 15 is 0 Å². The van der Waals surface area contributed by atoms with E-state index < -0.39 is 5.97 Å². The molecule has 0 radical (unpaired) electrons. The molecule has 0 fully saturated rings. The minimum atomic E-state index is -0.896. The molecule has 1 atom stereocenters. The molecule has 0 spiro atoms. The number of rotatable bonds is 5. The van der Waals surface area contributed by atoms with Gasteiger partial charge in [-0.15, -0.1) is 0 Å². The van der Waals surface area contributed by atoms with Crippen LogP contribution >= 0.6 is 0 Å². The highest BCUT2D eigenvalue weighted by Gasteiger charge is 2.08. The van der Waals surface area contributed by atoms with Crippen LogP contribution < -0.4 is 11.1 Å². The molecule has 1 aromatic rings. The van der Waals surface area contributed by atoms with E-state index in [2.05, 4.69) is 5.32 Å². The van der Waals surface area contributed by atoms with Gasteiger partial charge in [0.1, 0.15) is 0 Å². The number of nitrogens with two attached hydrogens (primary N) is 1. The average Bonchev–Trinajstić information content (AvgIpc) is 2.18. The van der Waals surface area contributed by atoms with Crippen LogP contribution in [0.15, 0.2) is 24.3 Å². The third-order valence-corrected chi connectivity index (χ3v) is 2.21. The minimum Gasteiger partial charge on any atom is -0.481 e. The van der Waals surface area contributed by atoms with Gasteiger partial charge in [-0.25, -0.2) is 0 Å². The van der Waals surface area contributed by atoms with Crippen LogP contribution in [0.4, 0.5) is 5.69 Å². The lowest BCUT2D eigenvalue weighted by Gasteiger charge is -2.09. The molecule has 0 aliphatic heterocycles. The minimum absolute atomic E-state index is 0.0482. The predicted molar refractivity (Wildman–Crippen MR) is 64.7 cm³/mol. The van der Waals surface area contributed by atoms with Crippen molar-refractivity contribution in [3.63, 3.8) is 0 Å². The van der Waals surface area contributed by atoms with Crippen molar-refractivity contribution >= 4 is 17.6 Å². The van der Waals surface area contributed by atoms with Crippen molar-refractivity contribution in [3.8, 4) is 0 Å². The van der Waals surface area contributed by atoms with Crippen molar-refractivity contribution < 1.29 is 14.7 Å². The maximum atomic E-state index is 10.8. The zero-order valence-electron chi connectivity index (χ0n) is 9.64. The first-order valence-corrected chi connectivity index (χ1v) is 5.31. The first kappa shape index (κ1) is 13.2. The smallest absolute Gasteiger partial charge is 0.304 e. The monoisotopic (exact) mass is 236 g/mol. The molecule has 0 bridgehead atoms. The zero-order valence-corrected chi connectivity index (χ0v) is 9.64. The lowest BCUT2D eigenvalue weighted by Crippen LogP contribution is -2.26. The fourth-order valence-electron chi connectivity index (χ4n) is 1.53. The van der Waals surface area contributed by atoms with Crippen LogP contribution in [0.1, 0.15) is 18.9 Å². The second-order valence-corrected chi connectivity index (χ2v) is 3.94. The highest BCUT2D eigenvalue weighted by Crippen LogP contribution is 2.11. The number of aliphatic carboxylic acids is 1. The van der Waals surface area contributed by atoms with Gasteiger partial charge in [-0.1, -0.05) is 12.1 Å². The number of benzene rings is 1. The molecule has 5 nitrogen and oxygen atoms in total. The molecule has 0 saturated carbocycles. The molecular formula is C12H16N2O3. The Bertz CT molecular complexity index is 401. The van der Waals surface area contributed by atoms with Crippen LogP contribution in [-0.4, -0.2) is 23.0 Å². The van der Waals surface area contributed by atoms with Gasteiger partial charge in [0, 0.05) is 18.7 Å². The Morgan fingerprint density at radius 3 is 2.41 bits per heavy atom. The maximum absolute atomic E-state index is 10.8. The number of anilines is 1. The summed E-state index contributed by atoms with van der Waals surface area (Å²) in [4.78, 5) is 21.2. The molecule has 5 heteroatoms. The fourth-order valence-corrected chi connectivity index (χ4v) is 1.53. The molecule has 0 heterocycles. The Morgan fingerprint density at radius 2 is 1.94 bits per heavy atom. The Morgan fingerprint density at radius 1 is 1.35 bits per heavy atom. The van der Waals surface area contributed by atoms with Crippen LogP contribution in [0.3, 0.4) is 0 Å². The maximum Gasteiger partial charge on any atom is 0.304 e. The molecule has 1 rings (SSSR count). The second-order valence-electron chi connectivity index (χ2n) is 3.94. The lowest BCUT2D eigenvalue weighted by molar-refractivity contribution is -0.137. The molecule has 1 aromatic carbocycles. The SMILES string of the molecule is CC(=O)Nc1ccc(CC(N)CC(=O)O)cc1. The Balaban J connectivity index is 2.56. The van der Waals surface area contributed by atoms with E-state index in [1.165, 1.54) is 6.92 Å². The number of hydrogen-bond donors (Lipinski definition) is 3. The summed E-state index contributed by atoms with van der Waals surface area (Å²) < 4.78 is 0. The highest BCUT2D eigenvalue weighted by atomic mass is 16.4. The molecular weight excluding hydrogens is 220 g/mol. The van der Waals surface area contributed by atoms with E-state index in [0.717, 1.165) is 5.56 Å². The number of nitrogens with one attached hydrogen (secondary N) is 1. The summed E-state index contributed by atoms with van der Waals surface area (Å²) in [6, 6.07) is 6.80. The first-order valence-electron chi connectivity index (χ1n) is 5.31. The molecule has 17 heavy (non-hydrogen) atoms. The topological polar surface area (TPSA) is 92.4 Å². The van der Waals surface area contributed by atoms with Gasteiger partial charge in [0.25, 0.3) is 0 Å². The third-order valence-electron chi connectivity index (χ3n) is 2.21. The summed E-state index contributed by atoms with van der Waals surface area (Å²) in [7, 11) is 0. The summed E-state index contributed by atoms with van der Waals surface area (Å²) in [5.74, 6) is -1.02. The van der Waals surface area contributed by atoms with Gasteiger partial charge < -0.3 is 16.2 Å². The molecule has 0 aliphatic rings. The van der Waals surface area contributed by atoms with Crippen molar-refractivity contribution in [2.24, 2.45) is 5.73 Å². The largest absolute Gasteiger partial charge is 0.481 e. The molecule has 0 saturated heterocycles. The van der Waals surface area contributed by atoms with Crippen LogP contribution in [0.25, 0.3) is 0 Å². The van der Waals surface area contributed by atoms with Crippen molar-refractivity contribution in [1.29, 1.82) is 0 Å². The summed E-state index contributed by atoms with van der Waals surface area (Å²) in [6.45, 7) is 1.44. The van der Waals surface area contributed by atoms with E-state index in [0.29, 0.717) is 12.1 Å². The third kappa shape index (κ3) is 5.12. The van der Waals surface area contributed by atoms with Crippen molar-refractivity contribution in [2.45, 2.75) is 25.8 Å². The quantitative estimate of drug-likeness (QED) is 0.710. The summed E-state index contributed by atoms with van der Waals surface area (Å²) >= 11 is 0. The number of carboxylic acids is 1. The molecule has 0 aromatic heterocycles. The summed E-state index contributed by atoms with van der Waals surface area (Å²) in [5.41, 5.74) is 7.34. The lowest BCUT2D eigenvalue weighted by atomic mass is 10.0. The standard InChI is InChI=1S/C12H16N2O3/c1-8(15)14-11-4-2-9(3-5-11)6-10(13)7-12(16)17/h2-5,10H,6-7,13H2,1H3,(H,14,15)(H,16,17). The van der Waals surface area contributed by atoms with E-state index in [1.807, 2.05) is 12.1 Å². The number of amides is 1. The summed E-state index contributed by atoms with van der Waals surface area (Å²) in [6.07, 6.45) is 0.458. The Hall–Kier alpha value is -1.88. The molecule has 4 N–H and O–H groups in total. The number of carbonyl (C=O) groups excluding carboxylic acids is 1. The van der Waals surface area contributed by atoms with E-state index in [1.54, 1.807) is 12.1 Å². The van der Waals surface area contributed by atoms with Crippen LogP contribution in [0.2, 0.25) is 0 Å². The van der Waals surface area contributed by atoms with Gasteiger partial charge in [0.15, 0.2) is 0 Å². The Labute approximate surface area is 99.6 Å². The van der Waals surface area contributed by atoms with E-state index in [-0.39, 0.29) is 18.4 Å². The molecule has 92 valence electrons. The second kappa shape index (κ2) is 6.00. The van der Waals surface area contributed by atoms with Gasteiger partial charge in [-0.05, 0) is 24.1 Å². The Kier molecular flexibility index (Phi) is 4.66. The number of hydrogen-bond acceptors (Lipinski definition) is 3. The van der Waals surface area contributed by atoms with E-state index in [4.69, 9.17) is 10.8 Å². The van der Waals surface area contributed by atoms with Gasteiger partial charge >= 0.3 is 5.97 Å². The molecule has 1 unspecified atom stereocenters. The predicted octanol–water partition coefficient (Wildman–Crippen LogP) is 0.989. The highest BCUT2D eigenvalue weighted by molar-refractivity contribution is 5.88. The molecule has 0 aliphatic carbocycles. The van der Waals surface area contributed by atoms with Gasteiger partial charge in [-0.2, -0.15) is 0 Å². The van der Waals surface area contributed by atoms with Crippen molar-refractivity contribution in [3.05, 3.63) is 29.8 Å². The van der Waals surface area contributed by atoms with Crippen molar-refractivity contribution in [1.82, 2.24) is 0 Å². The fraction of sp³-hybridized carbons (Fsp3) is 0.333. The van der Waals surface area contributed by atoms with Crippen LogP contribution in [0.5, 0.6) is 0 Å². The average molecular weight is 236 g/mol. The number of carbonyl (C=O) groups is 2. The van der Waals surface area contributed by atoms with Gasteiger partial charge in [0.05, 0.1) is 6.42 Å². The normalized spacial score (nSPS) is 11.9. The van der Waals surface area contributed by atoms with Gasteiger partial charge in [0.2, 0.25) is 5.91 Å². The first-order chi connectivity index (χ1) is 7.97. The number of carboxylic acid groups (broad SMARTS) is 1.